The second kappa shape index (κ2) is 7.96. The third-order valence-corrected chi connectivity index (χ3v) is 4.23. The fraction of sp³-hybridized carbons (Fsp3) is 0.526. The van der Waals surface area contributed by atoms with Crippen LogP contribution in [-0.4, -0.2) is 56.9 Å². The van der Waals surface area contributed by atoms with Gasteiger partial charge in [0.1, 0.15) is 11.6 Å². The summed E-state index contributed by atoms with van der Waals surface area (Å²) in [5, 5.41) is 21.1. The molecule has 1 aromatic carbocycles. The zero-order valence-corrected chi connectivity index (χ0v) is 15.9. The van der Waals surface area contributed by atoms with Crippen LogP contribution in [-0.2, 0) is 27.3 Å². The maximum Gasteiger partial charge on any atom is 0.411 e. The Kier molecular flexibility index (Phi) is 6.10. The first kappa shape index (κ1) is 20.7. The summed E-state index contributed by atoms with van der Waals surface area (Å²) in [6, 6.07) is 5.03. The van der Waals surface area contributed by atoms with Crippen molar-refractivity contribution >= 4 is 18.0 Å². The van der Waals surface area contributed by atoms with E-state index in [0.29, 0.717) is 0 Å². The molecule has 1 aromatic rings. The highest BCUT2D eigenvalue weighted by molar-refractivity contribution is 5.90. The quantitative estimate of drug-likeness (QED) is 0.727. The van der Waals surface area contributed by atoms with Crippen LogP contribution in [0.15, 0.2) is 24.3 Å². The Balaban J connectivity index is 2.29. The van der Waals surface area contributed by atoms with Crippen LogP contribution in [0.3, 0.4) is 0 Å². The van der Waals surface area contributed by atoms with Crippen LogP contribution < -0.4 is 5.32 Å². The van der Waals surface area contributed by atoms with Gasteiger partial charge in [-0.15, -0.1) is 0 Å². The normalized spacial score (nSPS) is 18.9. The number of hydrogen-bond acceptors (Lipinski definition) is 5. The van der Waals surface area contributed by atoms with Crippen LogP contribution in [0.5, 0.6) is 0 Å². The maximum atomic E-state index is 12.8. The van der Waals surface area contributed by atoms with Crippen molar-refractivity contribution in [1.29, 1.82) is 0 Å². The molecular weight excluding hydrogens is 352 g/mol. The van der Waals surface area contributed by atoms with Gasteiger partial charge in [0.2, 0.25) is 5.91 Å². The van der Waals surface area contributed by atoms with E-state index in [1.54, 1.807) is 20.8 Å². The predicted molar refractivity (Wildman–Crippen MR) is 97.0 cm³/mol. The summed E-state index contributed by atoms with van der Waals surface area (Å²) >= 11 is 0. The molecule has 148 valence electrons. The van der Waals surface area contributed by atoms with Gasteiger partial charge in [-0.25, -0.2) is 9.59 Å². The Hall–Kier alpha value is -2.61. The van der Waals surface area contributed by atoms with Crippen molar-refractivity contribution in [2.24, 2.45) is 0 Å². The molecule has 2 amide bonds. The smallest absolute Gasteiger partial charge is 0.411 e. The van der Waals surface area contributed by atoms with Crippen LogP contribution in [0, 0.1) is 0 Å². The van der Waals surface area contributed by atoms with Crippen LogP contribution in [0.2, 0.25) is 0 Å². The lowest BCUT2D eigenvalue weighted by Gasteiger charge is -2.37. The third-order valence-electron chi connectivity index (χ3n) is 4.23. The summed E-state index contributed by atoms with van der Waals surface area (Å²) in [6.07, 6.45) is -1.70. The molecule has 1 aliphatic heterocycles. The van der Waals surface area contributed by atoms with Gasteiger partial charge in [0.05, 0.1) is 12.6 Å². The second-order valence-corrected chi connectivity index (χ2v) is 7.66. The Bertz CT molecular complexity index is 725. The number of ether oxygens (including phenoxy) is 1. The number of carboxylic acid groups (broad SMARTS) is 1. The molecule has 0 bridgehead atoms. The molecule has 0 radical (unpaired) electrons. The number of carboxylic acids is 1. The van der Waals surface area contributed by atoms with E-state index in [0.717, 1.165) is 11.1 Å². The molecule has 0 aliphatic carbocycles. The average molecular weight is 378 g/mol. The van der Waals surface area contributed by atoms with Gasteiger partial charge in [0, 0.05) is 6.42 Å². The summed E-state index contributed by atoms with van der Waals surface area (Å²) in [4.78, 5) is 38.0. The van der Waals surface area contributed by atoms with E-state index in [2.05, 4.69) is 5.32 Å². The van der Waals surface area contributed by atoms with Crippen LogP contribution in [0.25, 0.3) is 0 Å². The van der Waals surface area contributed by atoms with E-state index in [-0.39, 0.29) is 13.0 Å². The number of aliphatic carboxylic acids is 1. The SMILES string of the molecule is C[C@@H](O)[C@H](NC(=O)[C@@H]1Cc2ccccc2CN1C(=O)OC(C)(C)C)C(=O)O. The van der Waals surface area contributed by atoms with Gasteiger partial charge in [0.15, 0.2) is 6.04 Å². The highest BCUT2D eigenvalue weighted by atomic mass is 16.6. The van der Waals surface area contributed by atoms with E-state index in [1.165, 1.54) is 11.8 Å². The highest BCUT2D eigenvalue weighted by Crippen LogP contribution is 2.25. The summed E-state index contributed by atoms with van der Waals surface area (Å²) in [7, 11) is 0. The van der Waals surface area contributed by atoms with Crippen molar-refractivity contribution in [2.75, 3.05) is 0 Å². The van der Waals surface area contributed by atoms with Gasteiger partial charge < -0.3 is 20.3 Å². The van der Waals surface area contributed by atoms with Gasteiger partial charge >= 0.3 is 12.1 Å². The van der Waals surface area contributed by atoms with E-state index in [1.807, 2.05) is 24.3 Å². The lowest BCUT2D eigenvalue weighted by atomic mass is 9.93. The minimum atomic E-state index is -1.46. The molecule has 0 aromatic heterocycles. The molecule has 1 heterocycles. The summed E-state index contributed by atoms with van der Waals surface area (Å²) in [5.41, 5.74) is 1.07. The minimum absolute atomic E-state index is 0.176. The fourth-order valence-corrected chi connectivity index (χ4v) is 2.91. The van der Waals surface area contributed by atoms with Gasteiger partial charge in [-0.1, -0.05) is 24.3 Å². The molecule has 1 aliphatic rings. The van der Waals surface area contributed by atoms with E-state index in [9.17, 15) is 24.6 Å². The van der Waals surface area contributed by atoms with Crippen LogP contribution in [0.4, 0.5) is 4.79 Å². The Labute approximate surface area is 158 Å². The first-order valence-corrected chi connectivity index (χ1v) is 8.77. The van der Waals surface area contributed by atoms with Gasteiger partial charge in [0.25, 0.3) is 0 Å². The average Bonchev–Trinajstić information content (AvgIpc) is 2.56. The molecule has 8 heteroatoms. The van der Waals surface area contributed by atoms with Crippen molar-refractivity contribution < 1.29 is 29.3 Å². The maximum absolute atomic E-state index is 12.8. The molecule has 0 fully saturated rings. The first-order valence-electron chi connectivity index (χ1n) is 8.77. The number of carbonyl (C=O) groups excluding carboxylic acids is 2. The zero-order valence-electron chi connectivity index (χ0n) is 15.9. The second-order valence-electron chi connectivity index (χ2n) is 7.66. The Morgan fingerprint density at radius 3 is 2.33 bits per heavy atom. The number of nitrogens with one attached hydrogen (secondary N) is 1. The fourth-order valence-electron chi connectivity index (χ4n) is 2.91. The lowest BCUT2D eigenvalue weighted by Crippen LogP contribution is -2.58. The molecule has 0 saturated heterocycles. The van der Waals surface area contributed by atoms with Crippen molar-refractivity contribution in [3.63, 3.8) is 0 Å². The van der Waals surface area contributed by atoms with Crippen molar-refractivity contribution in [3.8, 4) is 0 Å². The number of aliphatic hydroxyl groups is 1. The van der Waals surface area contributed by atoms with Gasteiger partial charge in [-0.2, -0.15) is 0 Å². The van der Waals surface area contributed by atoms with Crippen LogP contribution >= 0.6 is 0 Å². The number of aliphatic hydroxyl groups excluding tert-OH is 1. The summed E-state index contributed by atoms with van der Waals surface area (Å²) in [6.45, 7) is 6.64. The molecule has 0 saturated carbocycles. The molecule has 0 spiro atoms. The first-order chi connectivity index (χ1) is 12.5. The molecule has 8 nitrogen and oxygen atoms in total. The Morgan fingerprint density at radius 1 is 1.22 bits per heavy atom. The standard InChI is InChI=1S/C19H26N2O6/c1-11(22)15(17(24)25)20-16(23)14-9-12-7-5-6-8-13(12)10-21(14)18(26)27-19(2,3)4/h5-8,11,14-15,22H,9-10H2,1-4H3,(H,20,23)(H,24,25)/t11-,14+,15+/m1/s1. The van der Waals surface area contributed by atoms with Crippen LogP contribution in [0.1, 0.15) is 38.8 Å². The molecular formula is C19H26N2O6. The molecule has 2 rings (SSSR count). The number of amides is 2. The molecule has 0 unspecified atom stereocenters. The number of nitrogens with zero attached hydrogens (tertiary/aromatic N) is 1. The molecule has 27 heavy (non-hydrogen) atoms. The predicted octanol–water partition coefficient (Wildman–Crippen LogP) is 1.30. The van der Waals surface area contributed by atoms with Crippen molar-refractivity contribution in [2.45, 2.75) is 64.4 Å². The van der Waals surface area contributed by atoms with Crippen molar-refractivity contribution in [1.82, 2.24) is 10.2 Å². The summed E-state index contributed by atoms with van der Waals surface area (Å²) < 4.78 is 5.41. The lowest BCUT2D eigenvalue weighted by molar-refractivity contribution is -0.145. The van der Waals surface area contributed by atoms with Gasteiger partial charge in [-0.3, -0.25) is 9.69 Å². The number of fused-ring (bicyclic) bond motifs is 1. The van der Waals surface area contributed by atoms with Crippen molar-refractivity contribution in [3.05, 3.63) is 35.4 Å². The number of carbonyl (C=O) groups is 3. The third kappa shape index (κ3) is 5.19. The monoisotopic (exact) mass is 378 g/mol. The molecule has 3 N–H and O–H groups in total. The number of rotatable bonds is 4. The largest absolute Gasteiger partial charge is 0.480 e. The van der Waals surface area contributed by atoms with E-state index in [4.69, 9.17) is 4.74 Å². The molecule has 3 atom stereocenters. The number of hydrogen-bond donors (Lipinski definition) is 3. The summed E-state index contributed by atoms with van der Waals surface area (Å²) in [5.74, 6) is -2.00. The zero-order chi connectivity index (χ0) is 20.4. The Morgan fingerprint density at radius 2 is 1.81 bits per heavy atom. The minimum Gasteiger partial charge on any atom is -0.480 e. The topological polar surface area (TPSA) is 116 Å². The number of benzene rings is 1. The van der Waals surface area contributed by atoms with E-state index < -0.39 is 41.8 Å². The van der Waals surface area contributed by atoms with Gasteiger partial charge in [-0.05, 0) is 38.8 Å². The van der Waals surface area contributed by atoms with E-state index >= 15 is 0 Å². The highest BCUT2D eigenvalue weighted by Gasteiger charge is 2.38.